The molecule has 3 aromatic rings. The molecule has 0 radical (unpaired) electrons. The molecule has 0 aromatic heterocycles. The molecule has 3 aromatic carbocycles. The van der Waals surface area contributed by atoms with E-state index in [1.54, 1.807) is 54.6 Å². The maximum Gasteiger partial charge on any atom is 0.243 e. The summed E-state index contributed by atoms with van der Waals surface area (Å²) in [5.41, 5.74) is 3.13. The van der Waals surface area contributed by atoms with Crippen molar-refractivity contribution >= 4 is 33.3 Å². The summed E-state index contributed by atoms with van der Waals surface area (Å²) in [6.07, 6.45) is -0.0689. The third-order valence-electron chi connectivity index (χ3n) is 8.29. The van der Waals surface area contributed by atoms with Crippen LogP contribution in [0, 0.1) is 37.5 Å². The number of aryl methyl sites for hydroxylation is 2. The maximum atomic E-state index is 14.0. The fraction of sp³-hybridized carbons (Fsp3) is 0.300. The van der Waals surface area contributed by atoms with Crippen LogP contribution in [0.25, 0.3) is 0 Å². The van der Waals surface area contributed by atoms with Gasteiger partial charge in [0.05, 0.1) is 28.5 Å². The second kappa shape index (κ2) is 8.99. The molecule has 5 unspecified atom stereocenters. The average Bonchev–Trinajstić information content (AvgIpc) is 3.42. The van der Waals surface area contributed by atoms with Crippen molar-refractivity contribution < 1.29 is 22.8 Å². The Morgan fingerprint density at radius 3 is 1.97 bits per heavy atom. The van der Waals surface area contributed by atoms with Gasteiger partial charge in [0.25, 0.3) is 0 Å². The minimum absolute atomic E-state index is 0.00598. The first-order valence-electron chi connectivity index (χ1n) is 12.8. The lowest BCUT2D eigenvalue weighted by Crippen LogP contribution is -2.42. The summed E-state index contributed by atoms with van der Waals surface area (Å²) in [5, 5.41) is 0. The number of benzene rings is 3. The standard InChI is InChI=1S/C30H28N2O5S/c1-18-8-12-20(13-9-18)28-27-24(17-31(28)38(36,37)22-14-10-19(2)11-15-22)26-23(16-25(27)33)29(34)32(30(26)35)21-6-4-3-5-7-21/h3-15,23-24,26-28H,16-17H2,1-2H3. The van der Waals surface area contributed by atoms with Crippen molar-refractivity contribution in [2.45, 2.75) is 31.2 Å². The highest BCUT2D eigenvalue weighted by Crippen LogP contribution is 2.54. The van der Waals surface area contributed by atoms with E-state index in [-0.39, 0.29) is 35.5 Å². The van der Waals surface area contributed by atoms with Crippen LogP contribution in [0.4, 0.5) is 5.69 Å². The first-order valence-corrected chi connectivity index (χ1v) is 14.2. The number of fused-ring (bicyclic) bond motifs is 3. The molecule has 2 amide bonds. The van der Waals surface area contributed by atoms with Gasteiger partial charge in [-0.25, -0.2) is 8.42 Å². The zero-order valence-corrected chi connectivity index (χ0v) is 22.0. The largest absolute Gasteiger partial charge is 0.299 e. The molecule has 38 heavy (non-hydrogen) atoms. The van der Waals surface area contributed by atoms with Crippen molar-refractivity contribution in [2.75, 3.05) is 11.4 Å². The monoisotopic (exact) mass is 528 g/mol. The Morgan fingerprint density at radius 1 is 0.737 bits per heavy atom. The highest BCUT2D eigenvalue weighted by atomic mass is 32.2. The van der Waals surface area contributed by atoms with Crippen molar-refractivity contribution in [1.29, 1.82) is 0 Å². The summed E-state index contributed by atoms with van der Waals surface area (Å²) in [6, 6.07) is 22.1. The van der Waals surface area contributed by atoms with E-state index in [4.69, 9.17) is 0 Å². The van der Waals surface area contributed by atoms with Crippen molar-refractivity contribution in [3.05, 3.63) is 95.6 Å². The van der Waals surface area contributed by atoms with Gasteiger partial charge in [0.15, 0.2) is 0 Å². The second-order valence-electron chi connectivity index (χ2n) is 10.6. The van der Waals surface area contributed by atoms with E-state index in [0.717, 1.165) is 11.1 Å². The first-order chi connectivity index (χ1) is 18.2. The number of Topliss-reactive ketones (excluding diaryl/α,β-unsaturated/α-hetero) is 1. The van der Waals surface area contributed by atoms with Crippen molar-refractivity contribution in [2.24, 2.45) is 23.7 Å². The van der Waals surface area contributed by atoms with Gasteiger partial charge in [-0.2, -0.15) is 4.31 Å². The molecule has 2 heterocycles. The number of amides is 2. The predicted octanol–water partition coefficient (Wildman–Crippen LogP) is 4.06. The van der Waals surface area contributed by atoms with Gasteiger partial charge in [-0.05, 0) is 49.6 Å². The number of carbonyl (C=O) groups excluding carboxylic acids is 3. The van der Waals surface area contributed by atoms with Crippen LogP contribution < -0.4 is 4.90 Å². The van der Waals surface area contributed by atoms with E-state index >= 15 is 0 Å². The molecule has 2 saturated heterocycles. The number of sulfonamides is 1. The first kappa shape index (κ1) is 24.7. The molecule has 1 saturated carbocycles. The third kappa shape index (κ3) is 3.74. The summed E-state index contributed by atoms with van der Waals surface area (Å²) in [6.45, 7) is 3.82. The quantitative estimate of drug-likeness (QED) is 0.477. The van der Waals surface area contributed by atoms with Crippen LogP contribution in [0.1, 0.15) is 29.2 Å². The van der Waals surface area contributed by atoms with E-state index in [1.807, 2.05) is 38.1 Å². The Balaban J connectivity index is 1.46. The van der Waals surface area contributed by atoms with Gasteiger partial charge in [-0.15, -0.1) is 0 Å². The number of para-hydroxylation sites is 1. The fourth-order valence-corrected chi connectivity index (χ4v) is 8.13. The fourth-order valence-electron chi connectivity index (χ4n) is 6.46. The molecular weight excluding hydrogens is 500 g/mol. The number of nitrogens with zero attached hydrogens (tertiary/aromatic N) is 2. The van der Waals surface area contributed by atoms with Crippen LogP contribution in [0.5, 0.6) is 0 Å². The van der Waals surface area contributed by atoms with Crippen molar-refractivity contribution in [1.82, 2.24) is 4.31 Å². The maximum absolute atomic E-state index is 14.0. The van der Waals surface area contributed by atoms with Gasteiger partial charge >= 0.3 is 0 Å². The van der Waals surface area contributed by atoms with E-state index in [1.165, 1.54) is 9.21 Å². The second-order valence-corrected chi connectivity index (χ2v) is 12.5. The molecule has 0 bridgehead atoms. The lowest BCUT2D eigenvalue weighted by atomic mass is 9.66. The van der Waals surface area contributed by atoms with Gasteiger partial charge in [0.2, 0.25) is 21.8 Å². The molecule has 1 aliphatic carbocycles. The summed E-state index contributed by atoms with van der Waals surface area (Å²) in [4.78, 5) is 42.2. The van der Waals surface area contributed by atoms with Gasteiger partial charge in [-0.1, -0.05) is 65.7 Å². The number of ketones is 1. The highest BCUT2D eigenvalue weighted by Gasteiger charge is 2.63. The van der Waals surface area contributed by atoms with E-state index in [9.17, 15) is 22.8 Å². The zero-order valence-electron chi connectivity index (χ0n) is 21.2. The number of carbonyl (C=O) groups is 3. The minimum Gasteiger partial charge on any atom is -0.299 e. The lowest BCUT2D eigenvalue weighted by Gasteiger charge is -2.33. The number of hydrogen-bond donors (Lipinski definition) is 0. The Morgan fingerprint density at radius 2 is 1.34 bits per heavy atom. The SMILES string of the molecule is Cc1ccc(C2C3C(=O)CC4C(=O)N(c5ccccc5)C(=O)C4C3CN2S(=O)(=O)c2ccc(C)cc2)cc1. The van der Waals surface area contributed by atoms with E-state index in [2.05, 4.69) is 0 Å². The molecule has 7 nitrogen and oxygen atoms in total. The summed E-state index contributed by atoms with van der Waals surface area (Å²) in [5.74, 6) is -3.76. The molecule has 6 rings (SSSR count). The molecule has 8 heteroatoms. The van der Waals surface area contributed by atoms with Crippen LogP contribution in [0.3, 0.4) is 0 Å². The summed E-state index contributed by atoms with van der Waals surface area (Å²) in [7, 11) is -4.00. The van der Waals surface area contributed by atoms with Gasteiger partial charge in [0.1, 0.15) is 5.78 Å². The zero-order chi connectivity index (χ0) is 26.8. The number of hydrogen-bond acceptors (Lipinski definition) is 5. The van der Waals surface area contributed by atoms with Crippen LogP contribution in [0.2, 0.25) is 0 Å². The molecule has 5 atom stereocenters. The van der Waals surface area contributed by atoms with E-state index < -0.39 is 39.7 Å². The topological polar surface area (TPSA) is 91.8 Å². The number of imide groups is 1. The van der Waals surface area contributed by atoms with Crippen LogP contribution in [-0.2, 0) is 24.4 Å². The summed E-state index contributed by atoms with van der Waals surface area (Å²) < 4.78 is 29.4. The van der Waals surface area contributed by atoms with E-state index in [0.29, 0.717) is 11.3 Å². The Labute approximate surface area is 222 Å². The molecular formula is C30H28N2O5S. The van der Waals surface area contributed by atoms with Crippen molar-refractivity contribution in [3.63, 3.8) is 0 Å². The third-order valence-corrected chi connectivity index (χ3v) is 10.2. The van der Waals surface area contributed by atoms with Crippen LogP contribution >= 0.6 is 0 Å². The van der Waals surface area contributed by atoms with Gasteiger partial charge in [-0.3, -0.25) is 19.3 Å². The van der Waals surface area contributed by atoms with Crippen LogP contribution in [0.15, 0.2) is 83.8 Å². The average molecular weight is 529 g/mol. The Bertz CT molecular complexity index is 1530. The molecule has 3 aliphatic rings. The smallest absolute Gasteiger partial charge is 0.243 e. The Kier molecular flexibility index (Phi) is 5.85. The molecule has 0 N–H and O–H groups in total. The number of anilines is 1. The van der Waals surface area contributed by atoms with Gasteiger partial charge in [0, 0.05) is 18.9 Å². The molecule has 194 valence electrons. The normalized spacial score (nSPS) is 27.5. The van der Waals surface area contributed by atoms with Crippen molar-refractivity contribution in [3.8, 4) is 0 Å². The lowest BCUT2D eigenvalue weighted by molar-refractivity contribution is -0.136. The highest BCUT2D eigenvalue weighted by molar-refractivity contribution is 7.89. The molecule has 0 spiro atoms. The van der Waals surface area contributed by atoms with Gasteiger partial charge < -0.3 is 0 Å². The molecule has 3 fully saturated rings. The Hall–Kier alpha value is -3.62. The minimum atomic E-state index is -4.00. The summed E-state index contributed by atoms with van der Waals surface area (Å²) >= 11 is 0. The van der Waals surface area contributed by atoms with Crippen LogP contribution in [-0.4, -0.2) is 36.9 Å². The number of rotatable bonds is 4. The predicted molar refractivity (Wildman–Crippen MR) is 142 cm³/mol. The molecule has 2 aliphatic heterocycles.